The number of rotatable bonds is 6. The van der Waals surface area contributed by atoms with Crippen molar-refractivity contribution in [1.29, 1.82) is 0 Å². The van der Waals surface area contributed by atoms with E-state index in [1.165, 1.54) is 23.1 Å². The Morgan fingerprint density at radius 2 is 2.21 bits per heavy atom. The van der Waals surface area contributed by atoms with Crippen molar-refractivity contribution in [2.24, 2.45) is 0 Å². The van der Waals surface area contributed by atoms with Crippen molar-refractivity contribution < 1.29 is 14.7 Å². The summed E-state index contributed by atoms with van der Waals surface area (Å²) in [6, 6.07) is 5.50. The molecule has 0 saturated carbocycles. The molecule has 2 rings (SSSR count). The Morgan fingerprint density at radius 1 is 1.37 bits per heavy atom. The highest BCUT2D eigenvalue weighted by atomic mass is 32.2. The number of amides is 1. The smallest absolute Gasteiger partial charge is 0.345 e. The standard InChI is InChI=1S/C12H11NO3S3/c14-11(13-5-8-2-1-3-17-8)7-18-9-4-10(12(15)16)19-6-9/h1-4,6H,5,7H2,(H,13,14)(H,15,16). The average molecular weight is 313 g/mol. The second kappa shape index (κ2) is 6.74. The van der Waals surface area contributed by atoms with Gasteiger partial charge in [0.05, 0.1) is 12.3 Å². The molecular formula is C12H11NO3S3. The van der Waals surface area contributed by atoms with E-state index in [0.29, 0.717) is 17.2 Å². The maximum absolute atomic E-state index is 11.6. The lowest BCUT2D eigenvalue weighted by Gasteiger charge is -2.02. The number of aromatic carboxylic acids is 1. The number of carbonyl (C=O) groups is 2. The summed E-state index contributed by atoms with van der Waals surface area (Å²) in [7, 11) is 0. The fourth-order valence-corrected chi connectivity index (χ4v) is 3.65. The maximum atomic E-state index is 11.6. The van der Waals surface area contributed by atoms with Crippen LogP contribution in [0.5, 0.6) is 0 Å². The summed E-state index contributed by atoms with van der Waals surface area (Å²) in [5, 5.41) is 15.3. The molecule has 0 spiro atoms. The zero-order valence-electron chi connectivity index (χ0n) is 9.79. The van der Waals surface area contributed by atoms with Crippen LogP contribution in [0.2, 0.25) is 0 Å². The molecule has 0 aromatic carbocycles. The van der Waals surface area contributed by atoms with E-state index in [1.54, 1.807) is 22.8 Å². The lowest BCUT2D eigenvalue weighted by atomic mass is 10.4. The lowest BCUT2D eigenvalue weighted by molar-refractivity contribution is -0.118. The molecule has 1 amide bonds. The van der Waals surface area contributed by atoms with Crippen LogP contribution >= 0.6 is 34.4 Å². The van der Waals surface area contributed by atoms with Crippen molar-refractivity contribution in [3.05, 3.63) is 38.7 Å². The van der Waals surface area contributed by atoms with Crippen molar-refractivity contribution >= 4 is 46.3 Å². The summed E-state index contributed by atoms with van der Waals surface area (Å²) >= 11 is 4.11. The van der Waals surface area contributed by atoms with Gasteiger partial charge in [-0.2, -0.15) is 0 Å². The van der Waals surface area contributed by atoms with Crippen LogP contribution in [0.1, 0.15) is 14.5 Å². The van der Waals surface area contributed by atoms with E-state index in [-0.39, 0.29) is 5.91 Å². The molecule has 0 saturated heterocycles. The van der Waals surface area contributed by atoms with Gasteiger partial charge in [-0.05, 0) is 17.5 Å². The minimum absolute atomic E-state index is 0.0542. The van der Waals surface area contributed by atoms with Crippen molar-refractivity contribution in [2.75, 3.05) is 5.75 Å². The molecule has 0 aliphatic rings. The fourth-order valence-electron chi connectivity index (χ4n) is 1.31. The Bertz CT molecular complexity index is 563. The van der Waals surface area contributed by atoms with Crippen molar-refractivity contribution in [2.45, 2.75) is 11.4 Å². The molecule has 0 unspecified atom stereocenters. The van der Waals surface area contributed by atoms with Gasteiger partial charge in [0.25, 0.3) is 0 Å². The highest BCUT2D eigenvalue weighted by Gasteiger charge is 2.09. The summed E-state index contributed by atoms with van der Waals surface area (Å²) in [6.07, 6.45) is 0. The Labute approximate surface area is 122 Å². The summed E-state index contributed by atoms with van der Waals surface area (Å²) < 4.78 is 0. The normalized spacial score (nSPS) is 10.3. The van der Waals surface area contributed by atoms with Gasteiger partial charge in [-0.25, -0.2) is 4.79 Å². The Kier molecular flexibility index (Phi) is 5.00. The summed E-state index contributed by atoms with van der Waals surface area (Å²) in [5.41, 5.74) is 0. The van der Waals surface area contributed by atoms with Crippen LogP contribution in [-0.2, 0) is 11.3 Å². The van der Waals surface area contributed by atoms with E-state index in [4.69, 9.17) is 5.11 Å². The van der Waals surface area contributed by atoms with Gasteiger partial charge in [0.1, 0.15) is 4.88 Å². The molecule has 2 N–H and O–H groups in total. The maximum Gasteiger partial charge on any atom is 0.345 e. The van der Waals surface area contributed by atoms with Gasteiger partial charge in [0.15, 0.2) is 0 Å². The molecule has 19 heavy (non-hydrogen) atoms. The van der Waals surface area contributed by atoms with E-state index in [2.05, 4.69) is 5.32 Å². The first kappa shape index (κ1) is 14.1. The molecule has 2 aromatic heterocycles. The number of hydrogen-bond donors (Lipinski definition) is 2. The minimum Gasteiger partial charge on any atom is -0.477 e. The van der Waals surface area contributed by atoms with Crippen molar-refractivity contribution in [3.8, 4) is 0 Å². The monoisotopic (exact) mass is 313 g/mol. The van der Waals surface area contributed by atoms with E-state index in [9.17, 15) is 9.59 Å². The predicted octanol–water partition coefficient (Wildman–Crippen LogP) is 2.92. The summed E-state index contributed by atoms with van der Waals surface area (Å²) in [5.74, 6) is -0.693. The summed E-state index contributed by atoms with van der Waals surface area (Å²) in [6.45, 7) is 0.543. The molecule has 2 aromatic rings. The minimum atomic E-state index is -0.931. The van der Waals surface area contributed by atoms with Crippen LogP contribution in [0.3, 0.4) is 0 Å². The van der Waals surface area contributed by atoms with E-state index in [0.717, 1.165) is 9.77 Å². The molecule has 4 nitrogen and oxygen atoms in total. The fraction of sp³-hybridized carbons (Fsp3) is 0.167. The number of carboxylic acid groups (broad SMARTS) is 1. The third-order valence-corrected chi connectivity index (χ3v) is 5.12. The van der Waals surface area contributed by atoms with Crippen LogP contribution < -0.4 is 5.32 Å². The molecule has 0 atom stereocenters. The number of thioether (sulfide) groups is 1. The lowest BCUT2D eigenvalue weighted by Crippen LogP contribution is -2.23. The van der Waals surface area contributed by atoms with Gasteiger partial charge in [-0.15, -0.1) is 34.4 Å². The third kappa shape index (κ3) is 4.38. The van der Waals surface area contributed by atoms with Crippen molar-refractivity contribution in [3.63, 3.8) is 0 Å². The van der Waals surface area contributed by atoms with Gasteiger partial charge < -0.3 is 10.4 Å². The first-order valence-electron chi connectivity index (χ1n) is 5.39. The number of nitrogens with one attached hydrogen (secondary N) is 1. The van der Waals surface area contributed by atoms with Crippen LogP contribution in [0.4, 0.5) is 0 Å². The average Bonchev–Trinajstić information content (AvgIpc) is 3.05. The number of carboxylic acids is 1. The molecular weight excluding hydrogens is 302 g/mol. The van der Waals surface area contributed by atoms with Gasteiger partial charge in [-0.1, -0.05) is 6.07 Å². The Hall–Kier alpha value is -1.31. The van der Waals surface area contributed by atoms with Gasteiger partial charge in [-0.3, -0.25) is 4.79 Å². The quantitative estimate of drug-likeness (QED) is 0.805. The first-order valence-corrected chi connectivity index (χ1v) is 8.13. The molecule has 7 heteroatoms. The zero-order chi connectivity index (χ0) is 13.7. The van der Waals surface area contributed by atoms with Crippen LogP contribution in [0, 0.1) is 0 Å². The molecule has 0 fully saturated rings. The molecule has 0 aliphatic heterocycles. The number of carbonyl (C=O) groups excluding carboxylic acids is 1. The first-order chi connectivity index (χ1) is 9.15. The Morgan fingerprint density at radius 3 is 2.84 bits per heavy atom. The largest absolute Gasteiger partial charge is 0.477 e. The van der Waals surface area contributed by atoms with Gasteiger partial charge in [0, 0.05) is 15.2 Å². The third-order valence-electron chi connectivity index (χ3n) is 2.20. The van der Waals surface area contributed by atoms with Gasteiger partial charge >= 0.3 is 5.97 Å². The molecule has 0 bridgehead atoms. The molecule has 0 aliphatic carbocycles. The highest BCUT2D eigenvalue weighted by Crippen LogP contribution is 2.24. The Balaban J connectivity index is 1.75. The molecule has 100 valence electrons. The SMILES string of the molecule is O=C(CSc1csc(C(=O)O)c1)NCc1cccs1. The van der Waals surface area contributed by atoms with Gasteiger partial charge in [0.2, 0.25) is 5.91 Å². The van der Waals surface area contributed by atoms with Crippen LogP contribution in [0.25, 0.3) is 0 Å². The number of thiophene rings is 2. The van der Waals surface area contributed by atoms with E-state index >= 15 is 0 Å². The van der Waals surface area contributed by atoms with Crippen LogP contribution in [0.15, 0.2) is 33.9 Å². The van der Waals surface area contributed by atoms with Crippen molar-refractivity contribution in [1.82, 2.24) is 5.32 Å². The molecule has 0 radical (unpaired) electrons. The summed E-state index contributed by atoms with van der Waals surface area (Å²) in [4.78, 5) is 24.5. The zero-order valence-corrected chi connectivity index (χ0v) is 12.2. The number of hydrogen-bond acceptors (Lipinski definition) is 5. The van der Waals surface area contributed by atoms with E-state index in [1.807, 2.05) is 17.5 Å². The topological polar surface area (TPSA) is 66.4 Å². The predicted molar refractivity (Wildman–Crippen MR) is 78.2 cm³/mol. The van der Waals surface area contributed by atoms with E-state index < -0.39 is 5.97 Å². The van der Waals surface area contributed by atoms with Crippen LogP contribution in [-0.4, -0.2) is 22.7 Å². The second-order valence-corrected chi connectivity index (χ2v) is 6.59. The second-order valence-electron chi connectivity index (χ2n) is 3.60. The molecule has 2 heterocycles. The highest BCUT2D eigenvalue weighted by molar-refractivity contribution is 8.00.